The molecule has 0 radical (unpaired) electrons. The van der Waals surface area contributed by atoms with Crippen molar-refractivity contribution in [3.8, 4) is 0 Å². The van der Waals surface area contributed by atoms with Crippen molar-refractivity contribution in [1.82, 2.24) is 25.4 Å². The molecule has 7 nitrogen and oxygen atoms in total. The minimum Gasteiger partial charge on any atom is -0.329 e. The summed E-state index contributed by atoms with van der Waals surface area (Å²) in [6.07, 6.45) is 7.56. The van der Waals surface area contributed by atoms with Crippen LogP contribution in [0.3, 0.4) is 0 Å². The Bertz CT molecular complexity index is 525. The molecule has 2 fully saturated rings. The summed E-state index contributed by atoms with van der Waals surface area (Å²) in [5, 5.41) is 10.4. The first-order valence-electron chi connectivity index (χ1n) is 7.84. The number of H-pyrrole nitrogens is 1. The van der Waals surface area contributed by atoms with E-state index in [0.29, 0.717) is 17.5 Å². The molecule has 0 unspecified atom stereocenters. The smallest absolute Gasteiger partial charge is 0.324 e. The molecule has 0 spiro atoms. The monoisotopic (exact) mass is 323 g/mol. The van der Waals surface area contributed by atoms with Crippen molar-refractivity contribution in [2.24, 2.45) is 5.92 Å². The Morgan fingerprint density at radius 1 is 1.27 bits per heavy atom. The van der Waals surface area contributed by atoms with Gasteiger partial charge in [0, 0.05) is 18.7 Å². The van der Waals surface area contributed by atoms with E-state index in [1.807, 2.05) is 0 Å². The second-order valence-corrected chi connectivity index (χ2v) is 6.87. The fourth-order valence-electron chi connectivity index (χ4n) is 3.00. The Labute approximate surface area is 133 Å². The highest BCUT2D eigenvalue weighted by molar-refractivity contribution is 7.99. The van der Waals surface area contributed by atoms with E-state index >= 15 is 0 Å². The maximum Gasteiger partial charge on any atom is 0.324 e. The fourth-order valence-corrected chi connectivity index (χ4v) is 3.75. The number of aromatic nitrogens is 3. The van der Waals surface area contributed by atoms with Crippen LogP contribution in [0.4, 0.5) is 4.79 Å². The molecule has 1 saturated heterocycles. The largest absolute Gasteiger partial charge is 0.329 e. The first-order valence-corrected chi connectivity index (χ1v) is 8.83. The summed E-state index contributed by atoms with van der Waals surface area (Å²) in [5.41, 5.74) is 0. The molecule has 1 aromatic rings. The SMILES string of the molecule is O=C1CNC(=O)N1CCSc1n[nH]c(CCC2CCCC2)n1. The molecule has 3 rings (SSSR count). The summed E-state index contributed by atoms with van der Waals surface area (Å²) in [6, 6.07) is -0.308. The molecule has 120 valence electrons. The number of carbonyl (C=O) groups is 2. The summed E-state index contributed by atoms with van der Waals surface area (Å²) in [7, 11) is 0. The van der Waals surface area contributed by atoms with Crippen LogP contribution in [0.1, 0.15) is 37.9 Å². The molecular weight excluding hydrogens is 302 g/mol. The van der Waals surface area contributed by atoms with Crippen molar-refractivity contribution in [2.45, 2.75) is 43.7 Å². The number of thioether (sulfide) groups is 1. The predicted octanol–water partition coefficient (Wildman–Crippen LogP) is 1.57. The van der Waals surface area contributed by atoms with Crippen LogP contribution in [-0.2, 0) is 11.2 Å². The van der Waals surface area contributed by atoms with Crippen molar-refractivity contribution in [3.05, 3.63) is 5.82 Å². The van der Waals surface area contributed by atoms with Gasteiger partial charge in [0.15, 0.2) is 0 Å². The van der Waals surface area contributed by atoms with Crippen LogP contribution in [-0.4, -0.2) is 50.9 Å². The van der Waals surface area contributed by atoms with Crippen LogP contribution in [0.5, 0.6) is 0 Å². The van der Waals surface area contributed by atoms with Gasteiger partial charge in [-0.3, -0.25) is 14.8 Å². The zero-order valence-corrected chi connectivity index (χ0v) is 13.3. The van der Waals surface area contributed by atoms with Crippen molar-refractivity contribution in [1.29, 1.82) is 0 Å². The molecule has 22 heavy (non-hydrogen) atoms. The maximum atomic E-state index is 11.4. The normalized spacial score (nSPS) is 19.2. The number of aryl methyl sites for hydroxylation is 1. The van der Waals surface area contributed by atoms with Gasteiger partial charge in [0.1, 0.15) is 5.82 Å². The van der Waals surface area contributed by atoms with Crippen LogP contribution in [0.25, 0.3) is 0 Å². The highest BCUT2D eigenvalue weighted by atomic mass is 32.2. The number of rotatable bonds is 7. The lowest BCUT2D eigenvalue weighted by atomic mass is 10.0. The van der Waals surface area contributed by atoms with E-state index in [2.05, 4.69) is 20.5 Å². The lowest BCUT2D eigenvalue weighted by Gasteiger charge is -2.10. The van der Waals surface area contributed by atoms with Gasteiger partial charge in [-0.2, -0.15) is 0 Å². The molecule has 8 heteroatoms. The van der Waals surface area contributed by atoms with E-state index < -0.39 is 0 Å². The number of hydrogen-bond donors (Lipinski definition) is 2. The van der Waals surface area contributed by atoms with Crippen LogP contribution < -0.4 is 5.32 Å². The van der Waals surface area contributed by atoms with Gasteiger partial charge >= 0.3 is 6.03 Å². The first kappa shape index (κ1) is 15.3. The van der Waals surface area contributed by atoms with E-state index in [4.69, 9.17) is 0 Å². The highest BCUT2D eigenvalue weighted by Gasteiger charge is 2.27. The van der Waals surface area contributed by atoms with Gasteiger partial charge < -0.3 is 5.32 Å². The summed E-state index contributed by atoms with van der Waals surface area (Å²) in [6.45, 7) is 0.497. The van der Waals surface area contributed by atoms with Gasteiger partial charge in [-0.15, -0.1) is 5.10 Å². The summed E-state index contributed by atoms with van der Waals surface area (Å²) in [4.78, 5) is 28.5. The second kappa shape index (κ2) is 7.13. The van der Waals surface area contributed by atoms with Gasteiger partial charge in [0.2, 0.25) is 11.1 Å². The number of aromatic amines is 1. The highest BCUT2D eigenvalue weighted by Crippen LogP contribution is 2.28. The molecule has 1 aliphatic heterocycles. The van der Waals surface area contributed by atoms with Gasteiger partial charge in [-0.25, -0.2) is 9.78 Å². The average molecular weight is 323 g/mol. The fraction of sp³-hybridized carbons (Fsp3) is 0.714. The number of carbonyl (C=O) groups excluding carboxylic acids is 2. The molecule has 2 aliphatic rings. The number of amides is 3. The number of hydrogen-bond acceptors (Lipinski definition) is 5. The summed E-state index contributed by atoms with van der Waals surface area (Å²) in [5.74, 6) is 2.22. The van der Waals surface area contributed by atoms with Crippen LogP contribution in [0, 0.1) is 5.92 Å². The lowest BCUT2D eigenvalue weighted by Crippen LogP contribution is -2.32. The van der Waals surface area contributed by atoms with Crippen molar-refractivity contribution in [2.75, 3.05) is 18.8 Å². The maximum absolute atomic E-state index is 11.4. The van der Waals surface area contributed by atoms with E-state index in [-0.39, 0.29) is 18.5 Å². The number of nitrogens with one attached hydrogen (secondary N) is 2. The second-order valence-electron chi connectivity index (χ2n) is 5.81. The predicted molar refractivity (Wildman–Crippen MR) is 82.5 cm³/mol. The molecule has 2 heterocycles. The minimum atomic E-state index is -0.308. The third kappa shape index (κ3) is 3.79. The minimum absolute atomic E-state index is 0.107. The number of imide groups is 1. The molecule has 0 bridgehead atoms. The zero-order valence-electron chi connectivity index (χ0n) is 12.5. The molecule has 2 N–H and O–H groups in total. The summed E-state index contributed by atoms with van der Waals surface area (Å²) < 4.78 is 0. The molecule has 0 aromatic carbocycles. The molecule has 1 aromatic heterocycles. The summed E-state index contributed by atoms with van der Waals surface area (Å²) >= 11 is 1.46. The van der Waals surface area contributed by atoms with Crippen molar-refractivity contribution < 1.29 is 9.59 Å². The van der Waals surface area contributed by atoms with Crippen LogP contribution in [0.15, 0.2) is 5.16 Å². The average Bonchev–Trinajstić information content (AvgIpc) is 3.23. The van der Waals surface area contributed by atoms with Gasteiger partial charge in [0.05, 0.1) is 6.54 Å². The topological polar surface area (TPSA) is 91.0 Å². The van der Waals surface area contributed by atoms with E-state index in [1.54, 1.807) is 0 Å². The Morgan fingerprint density at radius 3 is 2.82 bits per heavy atom. The number of urea groups is 1. The first-order chi connectivity index (χ1) is 10.7. The molecular formula is C14H21N5O2S. The molecule has 1 saturated carbocycles. The molecule has 1 aliphatic carbocycles. The van der Waals surface area contributed by atoms with Gasteiger partial charge in [-0.05, 0) is 12.3 Å². The van der Waals surface area contributed by atoms with Crippen molar-refractivity contribution in [3.63, 3.8) is 0 Å². The standard InChI is InChI=1S/C14H21N5O2S/c20-12-9-15-14(21)19(12)7-8-22-13-16-11(17-18-13)6-5-10-3-1-2-4-10/h10H,1-9H2,(H,15,21)(H,16,17,18). The molecule has 3 amide bonds. The van der Waals surface area contributed by atoms with E-state index in [0.717, 1.165) is 18.2 Å². The Kier molecular flexibility index (Phi) is 4.97. The van der Waals surface area contributed by atoms with Crippen LogP contribution in [0.2, 0.25) is 0 Å². The lowest BCUT2D eigenvalue weighted by molar-refractivity contribution is -0.124. The quantitative estimate of drug-likeness (QED) is 0.587. The third-order valence-corrected chi connectivity index (χ3v) is 5.09. The Morgan fingerprint density at radius 2 is 2.09 bits per heavy atom. The van der Waals surface area contributed by atoms with E-state index in [1.165, 1.54) is 48.8 Å². The number of nitrogens with zero attached hydrogens (tertiary/aromatic N) is 3. The Balaban J connectivity index is 1.39. The van der Waals surface area contributed by atoms with E-state index in [9.17, 15) is 9.59 Å². The molecule has 0 atom stereocenters. The Hall–Kier alpha value is -1.57. The zero-order chi connectivity index (χ0) is 15.4. The van der Waals surface area contributed by atoms with Crippen LogP contribution >= 0.6 is 11.8 Å². The van der Waals surface area contributed by atoms with Gasteiger partial charge in [-0.1, -0.05) is 37.4 Å². The third-order valence-electron chi connectivity index (χ3n) is 4.26. The van der Waals surface area contributed by atoms with Gasteiger partial charge in [0.25, 0.3) is 0 Å². The van der Waals surface area contributed by atoms with Crippen molar-refractivity contribution >= 4 is 23.7 Å².